The first-order valence-electron chi connectivity index (χ1n) is 6.97. The highest BCUT2D eigenvalue weighted by Gasteiger charge is 2.29. The van der Waals surface area contributed by atoms with Gasteiger partial charge in [0.15, 0.2) is 0 Å². The van der Waals surface area contributed by atoms with Crippen LogP contribution in [0.3, 0.4) is 0 Å². The minimum Gasteiger partial charge on any atom is -0.395 e. The summed E-state index contributed by atoms with van der Waals surface area (Å²) < 4.78 is 0. The van der Waals surface area contributed by atoms with Gasteiger partial charge in [-0.1, -0.05) is 0 Å². The number of aryl methyl sites for hydroxylation is 2. The van der Waals surface area contributed by atoms with E-state index in [9.17, 15) is 0 Å². The van der Waals surface area contributed by atoms with Gasteiger partial charge in [-0.05, 0) is 32.3 Å². The Balaban J connectivity index is 1.91. The van der Waals surface area contributed by atoms with Crippen LogP contribution >= 0.6 is 11.3 Å². The Labute approximate surface area is 122 Å². The monoisotopic (exact) mass is 292 g/mol. The fraction of sp³-hybridized carbons (Fsp3) is 0.571. The van der Waals surface area contributed by atoms with E-state index < -0.39 is 0 Å². The first kappa shape index (κ1) is 13.7. The Morgan fingerprint density at radius 3 is 2.75 bits per heavy atom. The molecule has 2 aromatic rings. The Bertz CT molecular complexity index is 636. The number of nitrogen functional groups attached to an aromatic ring is 1. The molecule has 1 fully saturated rings. The van der Waals surface area contributed by atoms with Crippen LogP contribution in [-0.4, -0.2) is 39.2 Å². The van der Waals surface area contributed by atoms with Crippen molar-refractivity contribution in [3.63, 3.8) is 0 Å². The van der Waals surface area contributed by atoms with E-state index in [-0.39, 0.29) is 6.61 Å². The molecule has 2 heterocycles. The van der Waals surface area contributed by atoms with Crippen molar-refractivity contribution in [3.05, 3.63) is 16.3 Å². The van der Waals surface area contributed by atoms with Gasteiger partial charge in [-0.25, -0.2) is 9.97 Å². The van der Waals surface area contributed by atoms with E-state index in [0.717, 1.165) is 16.0 Å². The third-order valence-corrected chi connectivity index (χ3v) is 5.00. The maximum atomic E-state index is 9.15. The molecule has 1 saturated carbocycles. The molecule has 1 aliphatic carbocycles. The smallest absolute Gasteiger partial charge is 0.146 e. The molecule has 0 aromatic carbocycles. The number of thiophene rings is 1. The van der Waals surface area contributed by atoms with Crippen LogP contribution in [0.25, 0.3) is 10.2 Å². The lowest BCUT2D eigenvalue weighted by molar-refractivity contribution is 0.180. The molecule has 5 nitrogen and oxygen atoms in total. The number of nitrogens with two attached hydrogens (primary N) is 1. The zero-order chi connectivity index (χ0) is 14.3. The van der Waals surface area contributed by atoms with Gasteiger partial charge in [-0.15, -0.1) is 11.3 Å². The van der Waals surface area contributed by atoms with Gasteiger partial charge in [0, 0.05) is 17.5 Å². The van der Waals surface area contributed by atoms with E-state index >= 15 is 0 Å². The quantitative estimate of drug-likeness (QED) is 0.879. The van der Waals surface area contributed by atoms with Gasteiger partial charge in [-0.3, -0.25) is 4.90 Å². The molecule has 0 atom stereocenters. The second-order valence-electron chi connectivity index (χ2n) is 5.41. The fourth-order valence-corrected chi connectivity index (χ4v) is 3.59. The van der Waals surface area contributed by atoms with Crippen LogP contribution in [0.1, 0.15) is 29.1 Å². The van der Waals surface area contributed by atoms with E-state index in [2.05, 4.69) is 28.7 Å². The van der Waals surface area contributed by atoms with Crippen molar-refractivity contribution >= 4 is 27.4 Å². The molecule has 20 heavy (non-hydrogen) atoms. The third-order valence-electron chi connectivity index (χ3n) is 3.90. The van der Waals surface area contributed by atoms with Crippen LogP contribution in [-0.2, 0) is 6.54 Å². The topological polar surface area (TPSA) is 75.3 Å². The van der Waals surface area contributed by atoms with Crippen molar-refractivity contribution < 1.29 is 5.11 Å². The molecule has 1 aliphatic rings. The lowest BCUT2D eigenvalue weighted by Gasteiger charge is -2.19. The summed E-state index contributed by atoms with van der Waals surface area (Å²) in [5.74, 6) is 1.34. The number of hydrogen-bond donors (Lipinski definition) is 2. The van der Waals surface area contributed by atoms with Crippen molar-refractivity contribution in [2.45, 2.75) is 39.3 Å². The zero-order valence-electron chi connectivity index (χ0n) is 11.9. The molecule has 0 aliphatic heterocycles. The van der Waals surface area contributed by atoms with Gasteiger partial charge in [-0.2, -0.15) is 0 Å². The average Bonchev–Trinajstić information content (AvgIpc) is 3.17. The van der Waals surface area contributed by atoms with Gasteiger partial charge < -0.3 is 10.8 Å². The van der Waals surface area contributed by atoms with Crippen LogP contribution in [0.4, 0.5) is 5.82 Å². The van der Waals surface area contributed by atoms with Gasteiger partial charge in [0.1, 0.15) is 16.5 Å². The summed E-state index contributed by atoms with van der Waals surface area (Å²) in [6.45, 7) is 5.67. The molecule has 108 valence electrons. The maximum absolute atomic E-state index is 9.15. The molecule has 0 bridgehead atoms. The Hall–Kier alpha value is -1.24. The highest BCUT2D eigenvalue weighted by molar-refractivity contribution is 7.18. The summed E-state index contributed by atoms with van der Waals surface area (Å²) in [4.78, 5) is 13.6. The molecule has 0 amide bonds. The minimum absolute atomic E-state index is 0.172. The molecule has 0 saturated heterocycles. The van der Waals surface area contributed by atoms with Crippen LogP contribution < -0.4 is 5.73 Å². The largest absolute Gasteiger partial charge is 0.395 e. The summed E-state index contributed by atoms with van der Waals surface area (Å²) in [7, 11) is 0. The predicted octanol–water partition coefficient (Wildman–Crippen LogP) is 1.85. The SMILES string of the molecule is Cc1sc2nc(CN(CCO)C3CC3)nc(N)c2c1C. The summed E-state index contributed by atoms with van der Waals surface area (Å²) in [6.07, 6.45) is 2.41. The highest BCUT2D eigenvalue weighted by atomic mass is 32.1. The summed E-state index contributed by atoms with van der Waals surface area (Å²) in [6, 6.07) is 0.578. The molecular formula is C14H20N4OS. The number of nitrogens with zero attached hydrogens (tertiary/aromatic N) is 3. The summed E-state index contributed by atoms with van der Waals surface area (Å²) in [5, 5.41) is 10.1. The Morgan fingerprint density at radius 1 is 1.35 bits per heavy atom. The predicted molar refractivity (Wildman–Crippen MR) is 81.8 cm³/mol. The number of rotatable bonds is 5. The second-order valence-corrected chi connectivity index (χ2v) is 6.62. The third kappa shape index (κ3) is 2.51. The number of aliphatic hydroxyl groups is 1. The summed E-state index contributed by atoms with van der Waals surface area (Å²) in [5.41, 5.74) is 7.28. The number of aliphatic hydroxyl groups excluding tert-OH is 1. The first-order chi connectivity index (χ1) is 9.60. The maximum Gasteiger partial charge on any atom is 0.146 e. The highest BCUT2D eigenvalue weighted by Crippen LogP contribution is 2.33. The van der Waals surface area contributed by atoms with Gasteiger partial charge >= 0.3 is 0 Å². The number of aromatic nitrogens is 2. The normalized spacial score (nSPS) is 15.4. The van der Waals surface area contributed by atoms with Crippen molar-refractivity contribution in [1.29, 1.82) is 0 Å². The molecule has 0 unspecified atom stereocenters. The molecule has 2 aromatic heterocycles. The van der Waals surface area contributed by atoms with Crippen LogP contribution in [0.5, 0.6) is 0 Å². The molecule has 6 heteroatoms. The van der Waals surface area contributed by atoms with E-state index in [1.54, 1.807) is 11.3 Å². The minimum atomic E-state index is 0.172. The van der Waals surface area contributed by atoms with E-state index in [1.165, 1.54) is 23.3 Å². The second kappa shape index (κ2) is 5.27. The number of fused-ring (bicyclic) bond motifs is 1. The van der Waals surface area contributed by atoms with E-state index in [4.69, 9.17) is 10.8 Å². The van der Waals surface area contributed by atoms with Crippen LogP contribution in [0.2, 0.25) is 0 Å². The van der Waals surface area contributed by atoms with Gasteiger partial charge in [0.2, 0.25) is 0 Å². The van der Waals surface area contributed by atoms with E-state index in [1.807, 2.05) is 0 Å². The summed E-state index contributed by atoms with van der Waals surface area (Å²) >= 11 is 1.67. The van der Waals surface area contributed by atoms with Gasteiger partial charge in [0.25, 0.3) is 0 Å². The number of hydrogen-bond acceptors (Lipinski definition) is 6. The standard InChI is InChI=1S/C14H20N4OS/c1-8-9(2)20-14-12(8)13(15)16-11(17-14)7-18(5-6-19)10-3-4-10/h10,19H,3-7H2,1-2H3,(H2,15,16,17). The Morgan fingerprint density at radius 2 is 2.10 bits per heavy atom. The molecule has 0 radical (unpaired) electrons. The van der Waals surface area contributed by atoms with Crippen molar-refractivity contribution in [3.8, 4) is 0 Å². The van der Waals surface area contributed by atoms with E-state index in [0.29, 0.717) is 24.9 Å². The lowest BCUT2D eigenvalue weighted by atomic mass is 10.2. The van der Waals surface area contributed by atoms with Crippen LogP contribution in [0, 0.1) is 13.8 Å². The molecule has 0 spiro atoms. The number of anilines is 1. The van der Waals surface area contributed by atoms with Gasteiger partial charge in [0.05, 0.1) is 18.5 Å². The molecule has 3 rings (SSSR count). The fourth-order valence-electron chi connectivity index (χ4n) is 2.54. The molecular weight excluding hydrogens is 272 g/mol. The van der Waals surface area contributed by atoms with Crippen LogP contribution in [0.15, 0.2) is 0 Å². The first-order valence-corrected chi connectivity index (χ1v) is 7.78. The zero-order valence-corrected chi connectivity index (χ0v) is 12.7. The van der Waals surface area contributed by atoms with Crippen molar-refractivity contribution in [2.75, 3.05) is 18.9 Å². The van der Waals surface area contributed by atoms with Crippen molar-refractivity contribution in [1.82, 2.24) is 14.9 Å². The lowest BCUT2D eigenvalue weighted by Crippen LogP contribution is -2.29. The van der Waals surface area contributed by atoms with Crippen molar-refractivity contribution in [2.24, 2.45) is 0 Å². The molecule has 3 N–H and O–H groups in total. The average molecular weight is 292 g/mol. The Kier molecular flexibility index (Phi) is 3.62.